The molecule has 0 saturated heterocycles. The molecule has 4 rings (SSSR count). The van der Waals surface area contributed by atoms with Gasteiger partial charge >= 0.3 is 0 Å². The minimum Gasteiger partial charge on any atom is -0.376 e. The van der Waals surface area contributed by atoms with Crippen molar-refractivity contribution in [2.75, 3.05) is 12.9 Å². The van der Waals surface area contributed by atoms with E-state index in [0.29, 0.717) is 31.2 Å². The maximum Gasteiger partial charge on any atom is 0.209 e. The molecule has 0 amide bonds. The summed E-state index contributed by atoms with van der Waals surface area (Å²) < 4.78 is 34.6. The van der Waals surface area contributed by atoms with E-state index < -0.39 is 10.0 Å². The zero-order chi connectivity index (χ0) is 20.4. The molecule has 2 aliphatic rings. The number of fused-ring (bicyclic) bond motifs is 1. The number of ether oxygens (including phenoxy) is 1. The van der Waals surface area contributed by atoms with Gasteiger partial charge in [-0.05, 0) is 50.5 Å². The van der Waals surface area contributed by atoms with Crippen molar-refractivity contribution in [3.8, 4) is 0 Å². The van der Waals surface area contributed by atoms with Crippen LogP contribution in [0, 0.1) is 6.92 Å². The van der Waals surface area contributed by atoms with Crippen LogP contribution >= 0.6 is 0 Å². The van der Waals surface area contributed by atoms with E-state index in [4.69, 9.17) is 4.74 Å². The van der Waals surface area contributed by atoms with Crippen molar-refractivity contribution in [2.45, 2.75) is 69.6 Å². The first-order chi connectivity index (χ1) is 13.9. The first kappa shape index (κ1) is 20.5. The van der Waals surface area contributed by atoms with Crippen molar-refractivity contribution in [2.24, 2.45) is 0 Å². The molecule has 2 atom stereocenters. The van der Waals surface area contributed by atoms with E-state index >= 15 is 0 Å². The van der Waals surface area contributed by atoms with Crippen molar-refractivity contribution in [1.82, 2.24) is 19.5 Å². The summed E-state index contributed by atoms with van der Waals surface area (Å²) in [6.07, 6.45) is 7.14. The Morgan fingerprint density at radius 2 is 1.86 bits per heavy atom. The molecule has 1 fully saturated rings. The third-order valence-corrected chi connectivity index (χ3v) is 6.81. The van der Waals surface area contributed by atoms with Gasteiger partial charge in [0.15, 0.2) is 0 Å². The lowest BCUT2D eigenvalue weighted by Crippen LogP contribution is -2.46. The van der Waals surface area contributed by atoms with Crippen molar-refractivity contribution < 1.29 is 13.2 Å². The van der Waals surface area contributed by atoms with Crippen LogP contribution in [0.1, 0.15) is 61.3 Å². The van der Waals surface area contributed by atoms with Gasteiger partial charge in [-0.3, -0.25) is 0 Å². The Hall–Kier alpha value is -1.77. The molecule has 0 spiro atoms. The topological polar surface area (TPSA) is 86.1 Å². The largest absolute Gasteiger partial charge is 0.376 e. The number of aromatic nitrogens is 3. The zero-order valence-electron chi connectivity index (χ0n) is 17.1. The van der Waals surface area contributed by atoms with Gasteiger partial charge in [0.2, 0.25) is 10.0 Å². The lowest BCUT2D eigenvalue weighted by molar-refractivity contribution is -0.00350. The average Bonchev–Trinajstić information content (AvgIpc) is 3.07. The maximum absolute atomic E-state index is 11.8. The van der Waals surface area contributed by atoms with Crippen LogP contribution in [-0.4, -0.2) is 48.2 Å². The summed E-state index contributed by atoms with van der Waals surface area (Å²) in [7, 11) is -3.30. The normalized spacial score (nSPS) is 27.5. The van der Waals surface area contributed by atoms with E-state index in [1.807, 2.05) is 11.6 Å². The highest BCUT2D eigenvalue weighted by molar-refractivity contribution is 7.88. The molecule has 1 aliphatic heterocycles. The van der Waals surface area contributed by atoms with Gasteiger partial charge in [-0.2, -0.15) is 5.10 Å². The van der Waals surface area contributed by atoms with Crippen LogP contribution in [0.25, 0.3) is 0 Å². The Labute approximate surface area is 172 Å². The van der Waals surface area contributed by atoms with E-state index in [0.717, 1.165) is 31.5 Å². The number of hydrogen-bond acceptors (Lipinski definition) is 5. The lowest BCUT2D eigenvalue weighted by Gasteiger charge is -2.34. The summed E-state index contributed by atoms with van der Waals surface area (Å²) in [5, 5.41) is 4.52. The molecule has 7 nitrogen and oxygen atoms in total. The van der Waals surface area contributed by atoms with Gasteiger partial charge in [-0.15, -0.1) is 0 Å². The van der Waals surface area contributed by atoms with Crippen LogP contribution in [0.15, 0.2) is 30.3 Å². The van der Waals surface area contributed by atoms with Gasteiger partial charge in [0, 0.05) is 12.5 Å². The third kappa shape index (κ3) is 5.05. The van der Waals surface area contributed by atoms with Crippen LogP contribution in [0.4, 0.5) is 0 Å². The molecule has 2 heterocycles. The second-order valence-corrected chi connectivity index (χ2v) is 10.1. The zero-order valence-corrected chi connectivity index (χ0v) is 17.9. The summed E-state index contributed by atoms with van der Waals surface area (Å²) in [5.41, 5.74) is 1.42. The van der Waals surface area contributed by atoms with Crippen LogP contribution in [0.3, 0.4) is 0 Å². The fraction of sp³-hybridized carbons (Fsp3) is 0.619. The first-order valence-electron chi connectivity index (χ1n) is 10.4. The molecule has 1 N–H and O–H groups in total. The summed E-state index contributed by atoms with van der Waals surface area (Å²) >= 11 is 0. The molecule has 158 valence electrons. The molecule has 0 radical (unpaired) electrons. The number of aryl methyl sites for hydroxylation is 2. The number of sulfonamides is 1. The van der Waals surface area contributed by atoms with Crippen molar-refractivity contribution in [3.63, 3.8) is 0 Å². The Kier molecular flexibility index (Phi) is 6.03. The summed E-state index contributed by atoms with van der Waals surface area (Å²) in [5.74, 6) is 2.23. The highest BCUT2D eigenvalue weighted by Crippen LogP contribution is 2.34. The molecule has 29 heavy (non-hydrogen) atoms. The second kappa shape index (κ2) is 8.53. The molecule has 1 aromatic heterocycles. The highest BCUT2D eigenvalue weighted by atomic mass is 32.2. The monoisotopic (exact) mass is 418 g/mol. The van der Waals surface area contributed by atoms with Crippen molar-refractivity contribution in [3.05, 3.63) is 47.5 Å². The number of hydrogen-bond donors (Lipinski definition) is 1. The Balaban J connectivity index is 1.39. The number of benzene rings is 1. The van der Waals surface area contributed by atoms with E-state index in [-0.39, 0.29) is 18.2 Å². The SMILES string of the molecule is Cc1nc2n(n1)[C@@H](COC1CCC(c3ccccc3)CC1)[C@@H](NS(C)(=O)=O)CC2. The quantitative estimate of drug-likeness (QED) is 0.780. The van der Waals surface area contributed by atoms with Gasteiger partial charge in [0.25, 0.3) is 0 Å². The summed E-state index contributed by atoms with van der Waals surface area (Å²) in [4.78, 5) is 4.49. The van der Waals surface area contributed by atoms with Crippen LogP contribution in [0.5, 0.6) is 0 Å². The first-order valence-corrected chi connectivity index (χ1v) is 12.3. The number of rotatable bonds is 6. The molecule has 0 bridgehead atoms. The Morgan fingerprint density at radius 3 is 2.55 bits per heavy atom. The highest BCUT2D eigenvalue weighted by Gasteiger charge is 2.34. The molecule has 0 unspecified atom stereocenters. The fourth-order valence-electron chi connectivity index (χ4n) is 4.68. The Bertz CT molecular complexity index is 921. The van der Waals surface area contributed by atoms with Crippen molar-refractivity contribution >= 4 is 10.0 Å². The molecule has 1 aromatic carbocycles. The summed E-state index contributed by atoms with van der Waals surface area (Å²) in [6.45, 7) is 2.32. The second-order valence-electron chi connectivity index (χ2n) is 8.34. The lowest BCUT2D eigenvalue weighted by atomic mass is 9.83. The van der Waals surface area contributed by atoms with E-state index in [1.54, 1.807) is 0 Å². The molecule has 8 heteroatoms. The minimum atomic E-state index is -3.30. The van der Waals surface area contributed by atoms with Crippen LogP contribution in [0.2, 0.25) is 0 Å². The Morgan fingerprint density at radius 1 is 1.14 bits per heavy atom. The molecular formula is C21H30N4O3S. The van der Waals surface area contributed by atoms with E-state index in [9.17, 15) is 8.42 Å². The summed E-state index contributed by atoms with van der Waals surface area (Å²) in [6, 6.07) is 10.3. The fourth-order valence-corrected chi connectivity index (χ4v) is 5.50. The van der Waals surface area contributed by atoms with Crippen LogP contribution in [-0.2, 0) is 21.2 Å². The van der Waals surface area contributed by atoms with Gasteiger partial charge < -0.3 is 4.74 Å². The number of nitrogens with zero attached hydrogens (tertiary/aromatic N) is 3. The van der Waals surface area contributed by atoms with Crippen LogP contribution < -0.4 is 4.72 Å². The van der Waals surface area contributed by atoms with Gasteiger partial charge in [-0.25, -0.2) is 22.8 Å². The van der Waals surface area contributed by atoms with E-state index in [2.05, 4.69) is 45.1 Å². The maximum atomic E-state index is 11.8. The minimum absolute atomic E-state index is 0.165. The molecule has 1 saturated carbocycles. The average molecular weight is 419 g/mol. The van der Waals surface area contributed by atoms with Gasteiger partial charge in [0.1, 0.15) is 11.6 Å². The smallest absolute Gasteiger partial charge is 0.209 e. The third-order valence-electron chi connectivity index (χ3n) is 6.08. The molecule has 1 aliphatic carbocycles. The van der Waals surface area contributed by atoms with E-state index in [1.165, 1.54) is 11.8 Å². The van der Waals surface area contributed by atoms with Gasteiger partial charge in [-0.1, -0.05) is 30.3 Å². The van der Waals surface area contributed by atoms with Crippen molar-refractivity contribution in [1.29, 1.82) is 0 Å². The predicted molar refractivity (Wildman–Crippen MR) is 111 cm³/mol. The predicted octanol–water partition coefficient (Wildman–Crippen LogP) is 2.73. The standard InChI is InChI=1S/C21H30N4O3S/c1-15-22-21-13-12-19(24-29(2,26)27)20(25(21)23-15)14-28-18-10-8-17(9-11-18)16-6-4-3-5-7-16/h3-7,17-20,24H,8-14H2,1-2H3/t17?,18?,19-,20-/m0/s1. The molecule has 2 aromatic rings. The number of nitrogens with one attached hydrogen (secondary N) is 1. The van der Waals surface area contributed by atoms with Gasteiger partial charge in [0.05, 0.1) is 25.0 Å². The molecular weight excluding hydrogens is 388 g/mol.